The molecular formula is C17H16Cl4O3. The predicted molar refractivity (Wildman–Crippen MR) is 99.4 cm³/mol. The first kappa shape index (κ1) is 21.1. The lowest BCUT2D eigenvalue weighted by atomic mass is 10.1. The van der Waals surface area contributed by atoms with Gasteiger partial charge in [0.25, 0.3) is 0 Å². The van der Waals surface area contributed by atoms with Crippen LogP contribution in [0.5, 0.6) is 0 Å². The average Bonchev–Trinajstić information content (AvgIpc) is 2.55. The third-order valence-electron chi connectivity index (χ3n) is 3.03. The van der Waals surface area contributed by atoms with Crippen LogP contribution in [0.3, 0.4) is 0 Å². The fraction of sp³-hybridized carbons (Fsp3) is 0.235. The highest BCUT2D eigenvalue weighted by Gasteiger charge is 2.10. The van der Waals surface area contributed by atoms with Gasteiger partial charge in [0.2, 0.25) is 0 Å². The summed E-state index contributed by atoms with van der Waals surface area (Å²) in [6.07, 6.45) is 0.619. The van der Waals surface area contributed by atoms with Crippen molar-refractivity contribution in [2.24, 2.45) is 0 Å². The molecule has 2 aromatic carbocycles. The molecule has 0 bridgehead atoms. The van der Waals surface area contributed by atoms with Gasteiger partial charge in [-0.2, -0.15) is 0 Å². The van der Waals surface area contributed by atoms with E-state index < -0.39 is 0 Å². The van der Waals surface area contributed by atoms with Crippen molar-refractivity contribution in [2.45, 2.75) is 12.8 Å². The average molecular weight is 410 g/mol. The number of hydrogen-bond donors (Lipinski definition) is 1. The van der Waals surface area contributed by atoms with E-state index in [2.05, 4.69) is 4.74 Å². The number of carbonyl (C=O) groups is 1. The number of ether oxygens (including phenoxy) is 1. The Kier molecular flexibility index (Phi) is 9.49. The molecule has 0 aromatic heterocycles. The molecule has 0 aliphatic carbocycles. The lowest BCUT2D eigenvalue weighted by Gasteiger charge is -2.04. The van der Waals surface area contributed by atoms with Gasteiger partial charge in [0.05, 0.1) is 13.5 Å². The van der Waals surface area contributed by atoms with Crippen molar-refractivity contribution in [3.8, 4) is 0 Å². The highest BCUT2D eigenvalue weighted by molar-refractivity contribution is 6.36. The number of aliphatic hydroxyl groups is 1. The summed E-state index contributed by atoms with van der Waals surface area (Å²) in [4.78, 5) is 10.9. The smallest absolute Gasteiger partial charge is 0.310 e. The quantitative estimate of drug-likeness (QED) is 0.702. The molecule has 0 aliphatic heterocycles. The van der Waals surface area contributed by atoms with E-state index in [1.54, 1.807) is 36.4 Å². The number of rotatable bonds is 4. The molecule has 0 radical (unpaired) electrons. The summed E-state index contributed by atoms with van der Waals surface area (Å²) in [7, 11) is 1.33. The Hall–Kier alpha value is -0.970. The summed E-state index contributed by atoms with van der Waals surface area (Å²) in [5.74, 6) is -0.352. The van der Waals surface area contributed by atoms with Crippen molar-refractivity contribution < 1.29 is 14.6 Å². The Bertz CT molecular complexity index is 649. The van der Waals surface area contributed by atoms with Crippen LogP contribution in [0.2, 0.25) is 20.1 Å². The van der Waals surface area contributed by atoms with Gasteiger partial charge in [-0.25, -0.2) is 0 Å². The van der Waals surface area contributed by atoms with E-state index >= 15 is 0 Å². The van der Waals surface area contributed by atoms with Crippen LogP contribution < -0.4 is 0 Å². The van der Waals surface area contributed by atoms with Gasteiger partial charge in [-0.1, -0.05) is 58.5 Å². The van der Waals surface area contributed by atoms with Crippen LogP contribution in [-0.2, 0) is 22.4 Å². The molecule has 3 nitrogen and oxygen atoms in total. The summed E-state index contributed by atoms with van der Waals surface area (Å²) in [6, 6.07) is 10.4. The molecule has 0 fully saturated rings. The fourth-order valence-electron chi connectivity index (χ4n) is 1.80. The lowest BCUT2D eigenvalue weighted by Crippen LogP contribution is -2.05. The number of benzene rings is 2. The van der Waals surface area contributed by atoms with Gasteiger partial charge in [-0.15, -0.1) is 0 Å². The summed E-state index contributed by atoms with van der Waals surface area (Å²) >= 11 is 23.3. The minimum absolute atomic E-state index is 0.0729. The van der Waals surface area contributed by atoms with Crippen molar-refractivity contribution >= 4 is 52.4 Å². The van der Waals surface area contributed by atoms with E-state index in [1.807, 2.05) is 0 Å². The zero-order chi connectivity index (χ0) is 18.1. The zero-order valence-corrected chi connectivity index (χ0v) is 15.9. The first-order valence-electron chi connectivity index (χ1n) is 6.94. The van der Waals surface area contributed by atoms with Gasteiger partial charge in [0.15, 0.2) is 0 Å². The second-order valence-electron chi connectivity index (χ2n) is 4.63. The van der Waals surface area contributed by atoms with E-state index in [4.69, 9.17) is 51.5 Å². The van der Waals surface area contributed by atoms with Gasteiger partial charge in [-0.3, -0.25) is 4.79 Å². The van der Waals surface area contributed by atoms with E-state index in [0.29, 0.717) is 32.1 Å². The largest absolute Gasteiger partial charge is 0.469 e. The third-order valence-corrected chi connectivity index (χ3v) is 4.45. The fourth-order valence-corrected chi connectivity index (χ4v) is 2.92. The molecule has 2 rings (SSSR count). The first-order chi connectivity index (χ1) is 11.4. The highest BCUT2D eigenvalue weighted by Crippen LogP contribution is 2.25. The number of carbonyl (C=O) groups excluding carboxylic acids is 1. The van der Waals surface area contributed by atoms with Crippen LogP contribution in [0.15, 0.2) is 36.4 Å². The van der Waals surface area contributed by atoms with Crippen molar-refractivity contribution in [1.82, 2.24) is 0 Å². The Labute approximate surface area is 161 Å². The molecular weight excluding hydrogens is 394 g/mol. The Balaban J connectivity index is 0.000000243. The molecule has 0 saturated carbocycles. The van der Waals surface area contributed by atoms with E-state index in [0.717, 1.165) is 5.56 Å². The maximum atomic E-state index is 10.9. The molecule has 0 atom stereocenters. The minimum atomic E-state index is -0.352. The maximum absolute atomic E-state index is 10.9. The molecule has 130 valence electrons. The molecule has 24 heavy (non-hydrogen) atoms. The molecule has 0 heterocycles. The molecule has 0 aliphatic rings. The topological polar surface area (TPSA) is 46.5 Å². The minimum Gasteiger partial charge on any atom is -0.469 e. The van der Waals surface area contributed by atoms with Crippen molar-refractivity contribution in [2.75, 3.05) is 13.7 Å². The predicted octanol–water partition coefficient (Wildman–Crippen LogP) is 5.24. The number of aliphatic hydroxyl groups excluding tert-OH is 1. The molecule has 2 aromatic rings. The summed E-state index contributed by atoms with van der Waals surface area (Å²) in [5.41, 5.74) is 1.43. The first-order valence-corrected chi connectivity index (χ1v) is 8.45. The zero-order valence-electron chi connectivity index (χ0n) is 12.9. The summed E-state index contributed by atoms with van der Waals surface area (Å²) < 4.78 is 4.51. The van der Waals surface area contributed by atoms with Crippen molar-refractivity contribution in [1.29, 1.82) is 0 Å². The Morgan fingerprint density at radius 2 is 1.33 bits per heavy atom. The Morgan fingerprint density at radius 1 is 0.917 bits per heavy atom. The third kappa shape index (κ3) is 6.50. The van der Waals surface area contributed by atoms with Crippen LogP contribution in [0.1, 0.15) is 11.1 Å². The standard InChI is InChI=1S/C9H8Cl2O2.C8H8Cl2O/c1-13-9(12)5-6-7(10)3-2-4-8(6)11;9-7-2-1-3-8(10)6(7)4-5-11/h2-4H,5H2,1H3;1-3,11H,4-5H2. The van der Waals surface area contributed by atoms with Crippen LogP contribution in [0.4, 0.5) is 0 Å². The second-order valence-corrected chi connectivity index (χ2v) is 6.26. The maximum Gasteiger partial charge on any atom is 0.310 e. The van der Waals surface area contributed by atoms with Crippen LogP contribution in [0.25, 0.3) is 0 Å². The number of halogens is 4. The van der Waals surface area contributed by atoms with Gasteiger partial charge < -0.3 is 9.84 Å². The van der Waals surface area contributed by atoms with Gasteiger partial charge >= 0.3 is 5.97 Å². The monoisotopic (exact) mass is 408 g/mol. The second kappa shape index (κ2) is 10.8. The molecule has 0 saturated heterocycles. The van der Waals surface area contributed by atoms with Gasteiger partial charge in [0, 0.05) is 32.3 Å². The molecule has 0 amide bonds. The van der Waals surface area contributed by atoms with Crippen molar-refractivity contribution in [3.05, 3.63) is 67.6 Å². The molecule has 1 N–H and O–H groups in total. The van der Waals surface area contributed by atoms with Crippen LogP contribution in [0, 0.1) is 0 Å². The van der Waals surface area contributed by atoms with Gasteiger partial charge in [0.1, 0.15) is 0 Å². The number of methoxy groups -OCH3 is 1. The van der Waals surface area contributed by atoms with Gasteiger partial charge in [-0.05, 0) is 36.2 Å². The van der Waals surface area contributed by atoms with Crippen LogP contribution in [-0.4, -0.2) is 24.8 Å². The molecule has 0 unspecified atom stereocenters. The number of esters is 1. The van der Waals surface area contributed by atoms with E-state index in [1.165, 1.54) is 7.11 Å². The SMILES string of the molecule is COC(=O)Cc1c(Cl)cccc1Cl.OCCc1c(Cl)cccc1Cl. The number of hydrogen-bond acceptors (Lipinski definition) is 3. The summed E-state index contributed by atoms with van der Waals surface area (Å²) in [5, 5.41) is 10.9. The van der Waals surface area contributed by atoms with E-state index in [-0.39, 0.29) is 19.0 Å². The lowest BCUT2D eigenvalue weighted by molar-refractivity contribution is -0.139. The summed E-state index contributed by atoms with van der Waals surface area (Å²) in [6.45, 7) is 0.0729. The normalized spacial score (nSPS) is 9.92. The highest BCUT2D eigenvalue weighted by atomic mass is 35.5. The van der Waals surface area contributed by atoms with E-state index in [9.17, 15) is 4.79 Å². The Morgan fingerprint density at radius 3 is 1.71 bits per heavy atom. The molecule has 0 spiro atoms. The van der Waals surface area contributed by atoms with Crippen molar-refractivity contribution in [3.63, 3.8) is 0 Å². The van der Waals surface area contributed by atoms with Crippen LogP contribution >= 0.6 is 46.4 Å². The molecule has 7 heteroatoms.